The Bertz CT molecular complexity index is 698. The van der Waals surface area contributed by atoms with Crippen molar-refractivity contribution in [1.29, 1.82) is 0 Å². The number of para-hydroxylation sites is 2. The normalized spacial score (nSPS) is 22.8. The van der Waals surface area contributed by atoms with Crippen LogP contribution in [-0.2, 0) is 4.79 Å². The summed E-state index contributed by atoms with van der Waals surface area (Å²) in [6.07, 6.45) is 1.49. The predicted molar refractivity (Wildman–Crippen MR) is 100 cm³/mol. The number of benzene rings is 2. The minimum absolute atomic E-state index is 0.203. The first kappa shape index (κ1) is 16.6. The molecule has 2 aromatic carbocycles. The average molecular weight is 322 g/mol. The molecule has 0 aromatic heterocycles. The molecule has 3 rings (SSSR count). The molecule has 0 bridgehead atoms. The van der Waals surface area contributed by atoms with E-state index >= 15 is 0 Å². The van der Waals surface area contributed by atoms with Crippen LogP contribution < -0.4 is 10.2 Å². The lowest BCUT2D eigenvalue weighted by Crippen LogP contribution is -2.50. The van der Waals surface area contributed by atoms with E-state index in [1.807, 2.05) is 36.1 Å². The Morgan fingerprint density at radius 2 is 1.71 bits per heavy atom. The van der Waals surface area contributed by atoms with E-state index < -0.39 is 0 Å². The molecule has 1 N–H and O–H groups in total. The number of nitrogens with zero attached hydrogens (tertiary/aromatic N) is 1. The van der Waals surface area contributed by atoms with Crippen molar-refractivity contribution in [3.63, 3.8) is 0 Å². The van der Waals surface area contributed by atoms with Crippen LogP contribution in [0.15, 0.2) is 54.6 Å². The van der Waals surface area contributed by atoms with Gasteiger partial charge in [-0.25, -0.2) is 0 Å². The molecule has 0 saturated carbocycles. The molecule has 1 amide bonds. The Morgan fingerprint density at radius 3 is 2.38 bits per heavy atom. The molecule has 0 radical (unpaired) electrons. The third-order valence-corrected chi connectivity index (χ3v) is 5.08. The highest BCUT2D eigenvalue weighted by Crippen LogP contribution is 2.43. The smallest absolute Gasteiger partial charge is 0.226 e. The van der Waals surface area contributed by atoms with E-state index in [-0.39, 0.29) is 18.0 Å². The second-order valence-corrected chi connectivity index (χ2v) is 6.50. The minimum atomic E-state index is 0.203. The minimum Gasteiger partial charge on any atom is -0.378 e. The van der Waals surface area contributed by atoms with Gasteiger partial charge in [0, 0.05) is 29.8 Å². The van der Waals surface area contributed by atoms with Gasteiger partial charge in [-0.15, -0.1) is 0 Å². The molecule has 0 saturated heterocycles. The molecule has 0 fully saturated rings. The first-order valence-electron chi connectivity index (χ1n) is 8.89. The molecule has 1 aliphatic rings. The van der Waals surface area contributed by atoms with E-state index in [9.17, 15) is 4.79 Å². The van der Waals surface area contributed by atoms with Crippen molar-refractivity contribution in [1.82, 2.24) is 0 Å². The molecule has 0 aliphatic carbocycles. The lowest BCUT2D eigenvalue weighted by Gasteiger charge is -2.45. The number of hydrogen-bond donors (Lipinski definition) is 1. The third-order valence-electron chi connectivity index (χ3n) is 5.08. The summed E-state index contributed by atoms with van der Waals surface area (Å²) in [7, 11) is 0. The topological polar surface area (TPSA) is 32.3 Å². The number of amides is 1. The Balaban J connectivity index is 2.05. The lowest BCUT2D eigenvalue weighted by molar-refractivity contribution is -0.119. The highest BCUT2D eigenvalue weighted by Gasteiger charge is 2.39. The molecule has 126 valence electrons. The maximum atomic E-state index is 12.6. The van der Waals surface area contributed by atoms with Gasteiger partial charge in [-0.1, -0.05) is 57.2 Å². The second-order valence-electron chi connectivity index (χ2n) is 6.50. The molecular weight excluding hydrogens is 296 g/mol. The summed E-state index contributed by atoms with van der Waals surface area (Å²) in [6.45, 7) is 6.36. The molecule has 3 nitrogen and oxygen atoms in total. The maximum Gasteiger partial charge on any atom is 0.226 e. The summed E-state index contributed by atoms with van der Waals surface area (Å²) in [5, 5.41) is 3.69. The zero-order chi connectivity index (χ0) is 17.1. The molecule has 0 spiro atoms. The highest BCUT2D eigenvalue weighted by molar-refractivity contribution is 5.95. The van der Waals surface area contributed by atoms with E-state index in [2.05, 4.69) is 49.5 Å². The molecular formula is C21H26N2O. The van der Waals surface area contributed by atoms with Gasteiger partial charge < -0.3 is 10.2 Å². The molecule has 3 atom stereocenters. The number of carbonyl (C=O) groups is 1. The second kappa shape index (κ2) is 7.08. The van der Waals surface area contributed by atoms with Crippen LogP contribution >= 0.6 is 0 Å². The van der Waals surface area contributed by atoms with Crippen molar-refractivity contribution < 1.29 is 4.79 Å². The summed E-state index contributed by atoms with van der Waals surface area (Å²) in [4.78, 5) is 14.6. The fraction of sp³-hybridized carbons (Fsp3) is 0.381. The van der Waals surface area contributed by atoms with Crippen LogP contribution in [-0.4, -0.2) is 11.9 Å². The lowest BCUT2D eigenvalue weighted by atomic mass is 9.80. The van der Waals surface area contributed by atoms with Crippen molar-refractivity contribution >= 4 is 17.3 Å². The first-order chi connectivity index (χ1) is 11.7. The van der Waals surface area contributed by atoms with E-state index in [4.69, 9.17) is 0 Å². The number of rotatable bonds is 4. The van der Waals surface area contributed by atoms with Crippen LogP contribution in [0, 0.1) is 5.92 Å². The van der Waals surface area contributed by atoms with Crippen LogP contribution in [0.5, 0.6) is 0 Å². The van der Waals surface area contributed by atoms with E-state index in [1.165, 1.54) is 5.56 Å². The summed E-state index contributed by atoms with van der Waals surface area (Å²) in [5.74, 6) is 0.542. The van der Waals surface area contributed by atoms with Gasteiger partial charge in [0.1, 0.15) is 0 Å². The molecule has 0 unspecified atom stereocenters. The maximum absolute atomic E-state index is 12.6. The summed E-state index contributed by atoms with van der Waals surface area (Å²) < 4.78 is 0. The van der Waals surface area contributed by atoms with Crippen molar-refractivity contribution in [3.8, 4) is 0 Å². The van der Waals surface area contributed by atoms with Gasteiger partial charge in [0.25, 0.3) is 0 Å². The highest BCUT2D eigenvalue weighted by atomic mass is 16.2. The quantitative estimate of drug-likeness (QED) is 0.858. The number of carbonyl (C=O) groups excluding carboxylic acids is 1. The van der Waals surface area contributed by atoms with Gasteiger partial charge in [-0.2, -0.15) is 0 Å². The van der Waals surface area contributed by atoms with E-state index in [0.29, 0.717) is 12.3 Å². The van der Waals surface area contributed by atoms with Crippen LogP contribution in [0.3, 0.4) is 0 Å². The number of fused-ring (bicyclic) bond motifs is 1. The molecule has 1 aliphatic heterocycles. The van der Waals surface area contributed by atoms with Crippen LogP contribution in [0.25, 0.3) is 0 Å². The molecule has 3 heteroatoms. The van der Waals surface area contributed by atoms with Gasteiger partial charge in [-0.3, -0.25) is 4.79 Å². The Morgan fingerprint density at radius 1 is 1.04 bits per heavy atom. The molecule has 1 heterocycles. The van der Waals surface area contributed by atoms with Gasteiger partial charge in [0.15, 0.2) is 0 Å². The van der Waals surface area contributed by atoms with Gasteiger partial charge >= 0.3 is 0 Å². The van der Waals surface area contributed by atoms with Crippen LogP contribution in [0.1, 0.15) is 45.2 Å². The van der Waals surface area contributed by atoms with Gasteiger partial charge in [0.05, 0.1) is 6.04 Å². The van der Waals surface area contributed by atoms with Crippen LogP contribution in [0.2, 0.25) is 0 Å². The van der Waals surface area contributed by atoms with Crippen molar-refractivity contribution in [2.75, 3.05) is 10.2 Å². The van der Waals surface area contributed by atoms with Crippen molar-refractivity contribution in [2.24, 2.45) is 5.92 Å². The number of nitrogens with one attached hydrogen (secondary N) is 1. The molecule has 24 heavy (non-hydrogen) atoms. The summed E-state index contributed by atoms with van der Waals surface area (Å²) in [5.41, 5.74) is 3.39. The zero-order valence-electron chi connectivity index (χ0n) is 14.7. The molecule has 2 aromatic rings. The SMILES string of the molecule is CCC(=O)N1c2ccccc2[C@@H](Nc2ccccc2)[C@H](C)[C@@H]1CC. The summed E-state index contributed by atoms with van der Waals surface area (Å²) in [6, 6.07) is 19.1. The Labute approximate surface area is 144 Å². The van der Waals surface area contributed by atoms with E-state index in [0.717, 1.165) is 17.8 Å². The standard InChI is InChI=1S/C21H26N2O/c1-4-18-15(3)21(22-16-11-7-6-8-12-16)17-13-9-10-14-19(17)23(18)20(24)5-2/h6-15,18,21-22H,4-5H2,1-3H3/t15-,18+,21+/m1/s1. The average Bonchev–Trinajstić information content (AvgIpc) is 2.63. The van der Waals surface area contributed by atoms with Crippen molar-refractivity contribution in [2.45, 2.75) is 45.7 Å². The zero-order valence-corrected chi connectivity index (χ0v) is 14.7. The largest absolute Gasteiger partial charge is 0.378 e. The van der Waals surface area contributed by atoms with Crippen molar-refractivity contribution in [3.05, 3.63) is 60.2 Å². The first-order valence-corrected chi connectivity index (χ1v) is 8.89. The van der Waals surface area contributed by atoms with E-state index in [1.54, 1.807) is 0 Å². The predicted octanol–water partition coefficient (Wildman–Crippen LogP) is 5.01. The number of hydrogen-bond acceptors (Lipinski definition) is 2. The Hall–Kier alpha value is -2.29. The van der Waals surface area contributed by atoms with Crippen LogP contribution in [0.4, 0.5) is 11.4 Å². The Kier molecular flexibility index (Phi) is 4.89. The fourth-order valence-electron chi connectivity index (χ4n) is 3.86. The third kappa shape index (κ3) is 2.91. The number of anilines is 2. The summed E-state index contributed by atoms with van der Waals surface area (Å²) >= 11 is 0. The fourth-order valence-corrected chi connectivity index (χ4v) is 3.86. The monoisotopic (exact) mass is 322 g/mol. The van der Waals surface area contributed by atoms with Gasteiger partial charge in [0.2, 0.25) is 5.91 Å². The van der Waals surface area contributed by atoms with Gasteiger partial charge in [-0.05, 0) is 30.2 Å².